The first-order valence-corrected chi connectivity index (χ1v) is 10.1. The molecule has 2 atom stereocenters. The van der Waals surface area contributed by atoms with E-state index in [1.165, 1.54) is 22.7 Å². The minimum absolute atomic E-state index is 0.0768. The van der Waals surface area contributed by atoms with E-state index in [0.717, 1.165) is 16.7 Å². The highest BCUT2D eigenvalue weighted by Gasteiger charge is 2.33. The van der Waals surface area contributed by atoms with E-state index < -0.39 is 10.2 Å². The highest BCUT2D eigenvalue weighted by molar-refractivity contribution is 7.86. The molecule has 1 fully saturated rings. The van der Waals surface area contributed by atoms with Gasteiger partial charge in [0.15, 0.2) is 0 Å². The summed E-state index contributed by atoms with van der Waals surface area (Å²) in [5.41, 5.74) is 3.39. The Labute approximate surface area is 151 Å². The van der Waals surface area contributed by atoms with Crippen molar-refractivity contribution in [1.82, 2.24) is 13.9 Å². The molecule has 7 heteroatoms. The lowest BCUT2D eigenvalue weighted by Gasteiger charge is -2.33. The lowest BCUT2D eigenvalue weighted by atomic mass is 9.96. The summed E-state index contributed by atoms with van der Waals surface area (Å²) in [5.74, 6) is -0.386. The van der Waals surface area contributed by atoms with Crippen LogP contribution in [0.3, 0.4) is 0 Å². The molecule has 1 aromatic carbocycles. The molecule has 0 aliphatic carbocycles. The zero-order valence-electron chi connectivity index (χ0n) is 15.7. The van der Waals surface area contributed by atoms with Crippen molar-refractivity contribution in [2.24, 2.45) is 5.92 Å². The van der Waals surface area contributed by atoms with Gasteiger partial charge in [-0.2, -0.15) is 17.0 Å². The van der Waals surface area contributed by atoms with Gasteiger partial charge in [-0.1, -0.05) is 23.8 Å². The number of aryl methyl sites for hydroxylation is 2. The molecule has 1 saturated heterocycles. The van der Waals surface area contributed by atoms with Crippen LogP contribution in [-0.2, 0) is 15.0 Å². The Hall–Kier alpha value is -1.44. The van der Waals surface area contributed by atoms with E-state index in [4.69, 9.17) is 0 Å². The van der Waals surface area contributed by atoms with E-state index in [9.17, 15) is 13.2 Å². The van der Waals surface area contributed by atoms with Crippen LogP contribution in [0.2, 0.25) is 0 Å². The summed E-state index contributed by atoms with van der Waals surface area (Å²) in [4.78, 5) is 12.7. The Bertz CT molecular complexity index is 731. The van der Waals surface area contributed by atoms with Crippen LogP contribution in [0.4, 0.5) is 0 Å². The Morgan fingerprint density at radius 3 is 2.64 bits per heavy atom. The third-order valence-electron chi connectivity index (χ3n) is 4.80. The fourth-order valence-electron chi connectivity index (χ4n) is 3.23. The zero-order chi connectivity index (χ0) is 18.8. The Morgan fingerprint density at radius 2 is 2.00 bits per heavy atom. The van der Waals surface area contributed by atoms with Crippen LogP contribution in [-0.4, -0.2) is 50.1 Å². The number of amides is 1. The van der Waals surface area contributed by atoms with E-state index in [1.54, 1.807) is 0 Å². The van der Waals surface area contributed by atoms with Gasteiger partial charge in [0.05, 0.1) is 12.0 Å². The summed E-state index contributed by atoms with van der Waals surface area (Å²) < 4.78 is 27.2. The van der Waals surface area contributed by atoms with Gasteiger partial charge in [-0.15, -0.1) is 0 Å². The number of rotatable bonds is 5. The second-order valence-electron chi connectivity index (χ2n) is 7.08. The second-order valence-corrected chi connectivity index (χ2v) is 9.22. The molecule has 140 valence electrons. The van der Waals surface area contributed by atoms with Crippen molar-refractivity contribution < 1.29 is 13.2 Å². The van der Waals surface area contributed by atoms with Gasteiger partial charge >= 0.3 is 0 Å². The summed E-state index contributed by atoms with van der Waals surface area (Å²) in [7, 11) is -0.442. The number of carbonyl (C=O) groups excluding carboxylic acids is 1. The quantitative estimate of drug-likeness (QED) is 0.865. The van der Waals surface area contributed by atoms with Gasteiger partial charge in [-0.25, -0.2) is 0 Å². The van der Waals surface area contributed by atoms with E-state index in [-0.39, 0.29) is 24.4 Å². The molecule has 2 rings (SSSR count). The summed E-state index contributed by atoms with van der Waals surface area (Å²) in [6.45, 7) is 6.74. The normalized spacial score (nSPS) is 20.5. The average Bonchev–Trinajstić information content (AvgIpc) is 2.56. The Morgan fingerprint density at radius 1 is 1.32 bits per heavy atom. The number of hydrogen-bond acceptors (Lipinski definition) is 3. The van der Waals surface area contributed by atoms with Crippen LogP contribution in [0.25, 0.3) is 0 Å². The van der Waals surface area contributed by atoms with Crippen molar-refractivity contribution in [3.63, 3.8) is 0 Å². The van der Waals surface area contributed by atoms with Gasteiger partial charge in [0.25, 0.3) is 10.2 Å². The molecule has 0 unspecified atom stereocenters. The van der Waals surface area contributed by atoms with Gasteiger partial charge in [0.2, 0.25) is 5.91 Å². The average molecular weight is 368 g/mol. The van der Waals surface area contributed by atoms with Crippen LogP contribution >= 0.6 is 0 Å². The number of nitrogens with one attached hydrogen (secondary N) is 1. The molecular weight excluding hydrogens is 338 g/mol. The molecule has 1 aromatic rings. The molecule has 1 aliphatic rings. The minimum atomic E-state index is -3.47. The molecule has 0 bridgehead atoms. The molecule has 0 spiro atoms. The van der Waals surface area contributed by atoms with Crippen LogP contribution < -0.4 is 5.32 Å². The van der Waals surface area contributed by atoms with Crippen LogP contribution in [0, 0.1) is 19.8 Å². The lowest BCUT2D eigenvalue weighted by molar-refractivity contribution is -0.126. The molecule has 25 heavy (non-hydrogen) atoms. The van der Waals surface area contributed by atoms with E-state index >= 15 is 0 Å². The summed E-state index contributed by atoms with van der Waals surface area (Å²) in [5, 5.41) is 3.06. The third kappa shape index (κ3) is 4.59. The van der Waals surface area contributed by atoms with E-state index in [1.807, 2.05) is 20.8 Å². The van der Waals surface area contributed by atoms with Gasteiger partial charge in [0, 0.05) is 27.2 Å². The maximum Gasteiger partial charge on any atom is 0.281 e. The molecular formula is C18H29N3O3S. The molecule has 0 saturated carbocycles. The molecule has 1 aliphatic heterocycles. The molecule has 1 N–H and O–H groups in total. The summed E-state index contributed by atoms with van der Waals surface area (Å²) >= 11 is 0. The summed E-state index contributed by atoms with van der Waals surface area (Å²) in [6.07, 6.45) is 1.41. The Kier molecular flexibility index (Phi) is 6.24. The predicted octanol–water partition coefficient (Wildman–Crippen LogP) is 2.00. The molecule has 6 nitrogen and oxygen atoms in total. The highest BCUT2D eigenvalue weighted by atomic mass is 32.2. The van der Waals surface area contributed by atoms with Gasteiger partial charge in [-0.3, -0.25) is 4.79 Å². The first-order chi connectivity index (χ1) is 11.6. The topological polar surface area (TPSA) is 69.7 Å². The maximum atomic E-state index is 12.7. The Balaban J connectivity index is 2.06. The van der Waals surface area contributed by atoms with Crippen molar-refractivity contribution in [2.75, 3.05) is 27.2 Å². The maximum absolute atomic E-state index is 12.7. The molecule has 0 aromatic heterocycles. The first kappa shape index (κ1) is 19.9. The predicted molar refractivity (Wildman–Crippen MR) is 99.4 cm³/mol. The highest BCUT2D eigenvalue weighted by Crippen LogP contribution is 2.23. The number of benzene rings is 1. The fraction of sp³-hybridized carbons (Fsp3) is 0.611. The largest absolute Gasteiger partial charge is 0.349 e. The van der Waals surface area contributed by atoms with Crippen molar-refractivity contribution in [3.05, 3.63) is 34.9 Å². The SMILES string of the molecule is Cc1ccc(C)c([C@@H](C)NC(=O)[C@@H]2CCCN(S(=O)(=O)N(C)C)C2)c1. The van der Waals surface area contributed by atoms with Gasteiger partial charge in [-0.05, 0) is 44.7 Å². The fourth-order valence-corrected chi connectivity index (χ4v) is 4.42. The lowest BCUT2D eigenvalue weighted by Crippen LogP contribution is -2.49. The second kappa shape index (κ2) is 7.85. The van der Waals surface area contributed by atoms with Crippen molar-refractivity contribution in [1.29, 1.82) is 0 Å². The van der Waals surface area contributed by atoms with Crippen molar-refractivity contribution in [2.45, 2.75) is 39.7 Å². The smallest absolute Gasteiger partial charge is 0.281 e. The standard InChI is InChI=1S/C18H29N3O3S/c1-13-8-9-14(2)17(11-13)15(3)19-18(22)16-7-6-10-21(12-16)25(23,24)20(4)5/h8-9,11,15-16H,6-7,10,12H2,1-5H3,(H,19,22)/t15-,16-/m1/s1. The van der Waals surface area contributed by atoms with Gasteiger partial charge in [0.1, 0.15) is 0 Å². The number of carbonyl (C=O) groups is 1. The van der Waals surface area contributed by atoms with Crippen molar-refractivity contribution >= 4 is 16.1 Å². The van der Waals surface area contributed by atoms with Crippen LogP contribution in [0.1, 0.15) is 42.5 Å². The third-order valence-corrected chi connectivity index (χ3v) is 6.71. The number of nitrogens with zero attached hydrogens (tertiary/aromatic N) is 2. The number of piperidine rings is 1. The molecule has 1 heterocycles. The van der Waals surface area contributed by atoms with Crippen molar-refractivity contribution in [3.8, 4) is 0 Å². The van der Waals surface area contributed by atoms with Crippen LogP contribution in [0.15, 0.2) is 18.2 Å². The zero-order valence-corrected chi connectivity index (χ0v) is 16.6. The molecule has 0 radical (unpaired) electrons. The number of hydrogen-bond donors (Lipinski definition) is 1. The van der Waals surface area contributed by atoms with E-state index in [0.29, 0.717) is 19.4 Å². The minimum Gasteiger partial charge on any atom is -0.349 e. The monoisotopic (exact) mass is 367 g/mol. The summed E-state index contributed by atoms with van der Waals surface area (Å²) in [6, 6.07) is 6.09. The first-order valence-electron chi connectivity index (χ1n) is 8.68. The van der Waals surface area contributed by atoms with Gasteiger partial charge < -0.3 is 5.32 Å². The van der Waals surface area contributed by atoms with E-state index in [2.05, 4.69) is 23.5 Å². The molecule has 1 amide bonds. The van der Waals surface area contributed by atoms with Crippen LogP contribution in [0.5, 0.6) is 0 Å².